The molecule has 3 N–H and O–H groups in total. The lowest BCUT2D eigenvalue weighted by molar-refractivity contribution is -0.116. The summed E-state index contributed by atoms with van der Waals surface area (Å²) in [5, 5.41) is 2.88. The van der Waals surface area contributed by atoms with Crippen LogP contribution in [0, 0.1) is 18.8 Å². The smallest absolute Gasteiger partial charge is 0.224 e. The summed E-state index contributed by atoms with van der Waals surface area (Å²) in [6.07, 6.45) is 1.20. The Kier molecular flexibility index (Phi) is 7.41. The van der Waals surface area contributed by atoms with Gasteiger partial charge in [0.2, 0.25) is 5.91 Å². The van der Waals surface area contributed by atoms with Crippen LogP contribution in [-0.2, 0) is 9.53 Å². The van der Waals surface area contributed by atoms with E-state index < -0.39 is 0 Å². The van der Waals surface area contributed by atoms with E-state index in [9.17, 15) is 4.79 Å². The summed E-state index contributed by atoms with van der Waals surface area (Å²) in [7, 11) is 0. The fraction of sp³-hybridized carbons (Fsp3) is 0.438. The van der Waals surface area contributed by atoms with E-state index >= 15 is 0 Å². The fourth-order valence-corrected chi connectivity index (χ4v) is 1.73. The molecule has 0 atom stereocenters. The molecule has 0 spiro atoms. The SMILES string of the molecule is CCOCCCC(=O)Nc1ccc(C#CCN)c(C)c1. The van der Waals surface area contributed by atoms with Crippen LogP contribution in [0.2, 0.25) is 0 Å². The Morgan fingerprint density at radius 1 is 1.45 bits per heavy atom. The molecule has 108 valence electrons. The Hall–Kier alpha value is -1.83. The Bertz CT molecular complexity index is 501. The van der Waals surface area contributed by atoms with Gasteiger partial charge in [0.25, 0.3) is 0 Å². The van der Waals surface area contributed by atoms with Crippen molar-refractivity contribution in [3.63, 3.8) is 0 Å². The van der Waals surface area contributed by atoms with Gasteiger partial charge in [0, 0.05) is 30.9 Å². The van der Waals surface area contributed by atoms with Crippen molar-refractivity contribution in [3.8, 4) is 11.8 Å². The zero-order valence-electron chi connectivity index (χ0n) is 12.2. The highest BCUT2D eigenvalue weighted by atomic mass is 16.5. The minimum Gasteiger partial charge on any atom is -0.382 e. The summed E-state index contributed by atoms with van der Waals surface area (Å²) >= 11 is 0. The molecule has 1 aromatic rings. The number of anilines is 1. The van der Waals surface area contributed by atoms with Gasteiger partial charge in [-0.3, -0.25) is 4.79 Å². The highest BCUT2D eigenvalue weighted by Crippen LogP contribution is 2.14. The number of amides is 1. The second-order valence-electron chi connectivity index (χ2n) is 4.38. The number of aryl methyl sites for hydroxylation is 1. The van der Waals surface area contributed by atoms with Gasteiger partial charge in [0.1, 0.15) is 0 Å². The van der Waals surface area contributed by atoms with Crippen molar-refractivity contribution in [2.24, 2.45) is 5.73 Å². The molecule has 1 amide bonds. The van der Waals surface area contributed by atoms with Crippen LogP contribution in [0.4, 0.5) is 5.69 Å². The van der Waals surface area contributed by atoms with Crippen molar-refractivity contribution >= 4 is 11.6 Å². The Labute approximate surface area is 120 Å². The van der Waals surface area contributed by atoms with Gasteiger partial charge in [-0.05, 0) is 44.0 Å². The zero-order valence-corrected chi connectivity index (χ0v) is 12.2. The van der Waals surface area contributed by atoms with E-state index in [1.165, 1.54) is 0 Å². The lowest BCUT2D eigenvalue weighted by atomic mass is 10.1. The van der Waals surface area contributed by atoms with Crippen molar-refractivity contribution in [1.82, 2.24) is 0 Å². The van der Waals surface area contributed by atoms with Crippen molar-refractivity contribution in [2.75, 3.05) is 25.1 Å². The summed E-state index contributed by atoms with van der Waals surface area (Å²) < 4.78 is 5.20. The average molecular weight is 274 g/mol. The van der Waals surface area contributed by atoms with Crippen LogP contribution in [0.5, 0.6) is 0 Å². The highest BCUT2D eigenvalue weighted by molar-refractivity contribution is 5.90. The summed E-state index contributed by atoms with van der Waals surface area (Å²) in [4.78, 5) is 11.7. The van der Waals surface area contributed by atoms with E-state index in [1.54, 1.807) is 0 Å². The number of carbonyl (C=O) groups excluding carboxylic acids is 1. The van der Waals surface area contributed by atoms with Crippen LogP contribution in [0.15, 0.2) is 18.2 Å². The van der Waals surface area contributed by atoms with E-state index in [4.69, 9.17) is 10.5 Å². The predicted molar refractivity (Wildman–Crippen MR) is 81.5 cm³/mol. The van der Waals surface area contributed by atoms with Gasteiger partial charge in [-0.25, -0.2) is 0 Å². The standard InChI is InChI=1S/C16H22N2O2/c1-3-20-11-5-7-16(19)18-15-9-8-14(6-4-10-17)13(2)12-15/h8-9,12H,3,5,7,10-11,17H2,1-2H3,(H,18,19). The molecule has 0 fully saturated rings. The first-order valence-electron chi connectivity index (χ1n) is 6.84. The number of nitrogens with two attached hydrogens (primary N) is 1. The van der Waals surface area contributed by atoms with E-state index in [2.05, 4.69) is 17.2 Å². The number of ether oxygens (including phenoxy) is 1. The van der Waals surface area contributed by atoms with Gasteiger partial charge in [-0.2, -0.15) is 0 Å². The van der Waals surface area contributed by atoms with Gasteiger partial charge in [-0.15, -0.1) is 0 Å². The molecule has 4 heteroatoms. The van der Waals surface area contributed by atoms with Gasteiger partial charge in [0.05, 0.1) is 6.54 Å². The molecular formula is C16H22N2O2. The third kappa shape index (κ3) is 5.87. The molecule has 0 bridgehead atoms. The molecular weight excluding hydrogens is 252 g/mol. The molecule has 0 unspecified atom stereocenters. The normalized spacial score (nSPS) is 9.75. The molecule has 0 aromatic heterocycles. The minimum atomic E-state index is 0.00453. The maximum absolute atomic E-state index is 11.7. The predicted octanol–water partition coefficient (Wildman–Crippen LogP) is 2.06. The van der Waals surface area contributed by atoms with E-state index in [0.717, 1.165) is 23.2 Å². The topological polar surface area (TPSA) is 64.3 Å². The summed E-state index contributed by atoms with van der Waals surface area (Å²) in [6.45, 7) is 5.56. The fourth-order valence-electron chi connectivity index (χ4n) is 1.73. The average Bonchev–Trinajstić information content (AvgIpc) is 2.43. The second-order valence-corrected chi connectivity index (χ2v) is 4.38. The number of hydrogen-bond acceptors (Lipinski definition) is 3. The maximum atomic E-state index is 11.7. The third-order valence-corrected chi connectivity index (χ3v) is 2.73. The summed E-state index contributed by atoms with van der Waals surface area (Å²) in [5.74, 6) is 5.82. The summed E-state index contributed by atoms with van der Waals surface area (Å²) in [6, 6.07) is 5.67. The number of carbonyl (C=O) groups is 1. The monoisotopic (exact) mass is 274 g/mol. The number of rotatable bonds is 6. The molecule has 0 radical (unpaired) electrons. The molecule has 0 aliphatic carbocycles. The lowest BCUT2D eigenvalue weighted by Crippen LogP contribution is -2.12. The second kappa shape index (κ2) is 9.13. The van der Waals surface area contributed by atoms with Gasteiger partial charge < -0.3 is 15.8 Å². The molecule has 0 saturated carbocycles. The quantitative estimate of drug-likeness (QED) is 0.616. The molecule has 0 aliphatic rings. The molecule has 1 aromatic carbocycles. The first-order chi connectivity index (χ1) is 9.67. The van der Waals surface area contributed by atoms with Crippen molar-refractivity contribution in [1.29, 1.82) is 0 Å². The number of benzene rings is 1. The van der Waals surface area contributed by atoms with Crippen molar-refractivity contribution < 1.29 is 9.53 Å². The van der Waals surface area contributed by atoms with Crippen molar-refractivity contribution in [2.45, 2.75) is 26.7 Å². The lowest BCUT2D eigenvalue weighted by Gasteiger charge is -2.07. The molecule has 0 heterocycles. The number of nitrogens with one attached hydrogen (secondary N) is 1. The van der Waals surface area contributed by atoms with Crippen LogP contribution < -0.4 is 11.1 Å². The maximum Gasteiger partial charge on any atom is 0.224 e. The van der Waals surface area contributed by atoms with Gasteiger partial charge in [0.15, 0.2) is 0 Å². The summed E-state index contributed by atoms with van der Waals surface area (Å²) in [5.41, 5.74) is 8.10. The van der Waals surface area contributed by atoms with Gasteiger partial charge >= 0.3 is 0 Å². The Balaban J connectivity index is 2.52. The van der Waals surface area contributed by atoms with Crippen LogP contribution in [0.3, 0.4) is 0 Å². The molecule has 4 nitrogen and oxygen atoms in total. The van der Waals surface area contributed by atoms with E-state index in [1.807, 2.05) is 32.0 Å². The Morgan fingerprint density at radius 2 is 2.25 bits per heavy atom. The third-order valence-electron chi connectivity index (χ3n) is 2.73. The van der Waals surface area contributed by atoms with Crippen LogP contribution in [0.1, 0.15) is 30.9 Å². The molecule has 0 saturated heterocycles. The van der Waals surface area contributed by atoms with Crippen LogP contribution in [-0.4, -0.2) is 25.7 Å². The first-order valence-corrected chi connectivity index (χ1v) is 6.84. The first kappa shape index (κ1) is 16.2. The van der Waals surface area contributed by atoms with Crippen molar-refractivity contribution in [3.05, 3.63) is 29.3 Å². The molecule has 1 rings (SSSR count). The number of hydrogen-bond donors (Lipinski definition) is 2. The Morgan fingerprint density at radius 3 is 2.90 bits per heavy atom. The van der Waals surface area contributed by atoms with E-state index in [-0.39, 0.29) is 5.91 Å². The largest absolute Gasteiger partial charge is 0.382 e. The zero-order chi connectivity index (χ0) is 14.8. The molecule has 20 heavy (non-hydrogen) atoms. The van der Waals surface area contributed by atoms with Crippen LogP contribution in [0.25, 0.3) is 0 Å². The minimum absolute atomic E-state index is 0.00453. The van der Waals surface area contributed by atoms with E-state index in [0.29, 0.717) is 26.2 Å². The molecule has 0 aliphatic heterocycles. The van der Waals surface area contributed by atoms with Gasteiger partial charge in [-0.1, -0.05) is 11.8 Å². The highest BCUT2D eigenvalue weighted by Gasteiger charge is 2.03. The van der Waals surface area contributed by atoms with Crippen LogP contribution >= 0.6 is 0 Å².